The number of amides is 1. The average Bonchev–Trinajstić information content (AvgIpc) is 2.41. The molecule has 0 aliphatic rings. The highest BCUT2D eigenvalue weighted by atomic mass is 16.5. The number of nitrogens with two attached hydrogens (primary N) is 1. The molecule has 0 aliphatic heterocycles. The molecule has 6 nitrogen and oxygen atoms in total. The van der Waals surface area contributed by atoms with Gasteiger partial charge in [-0.2, -0.15) is 0 Å². The van der Waals surface area contributed by atoms with Gasteiger partial charge in [0.15, 0.2) is 5.43 Å². The molecule has 0 atom stereocenters. The molecule has 2 aromatic rings. The van der Waals surface area contributed by atoms with E-state index in [9.17, 15) is 9.59 Å². The van der Waals surface area contributed by atoms with E-state index >= 15 is 0 Å². The third-order valence-electron chi connectivity index (χ3n) is 2.56. The number of pyridine rings is 1. The topological polar surface area (TPSA) is 97.2 Å². The van der Waals surface area contributed by atoms with Gasteiger partial charge in [0, 0.05) is 30.2 Å². The quantitative estimate of drug-likeness (QED) is 0.722. The number of hydrogen-bond acceptors (Lipinski definition) is 4. The number of carbonyl (C=O) groups excluding carboxylic acids is 1. The van der Waals surface area contributed by atoms with Crippen LogP contribution in [0, 0.1) is 0 Å². The summed E-state index contributed by atoms with van der Waals surface area (Å²) in [4.78, 5) is 26.1. The van der Waals surface area contributed by atoms with Crippen LogP contribution in [0.2, 0.25) is 0 Å². The largest absolute Gasteiger partial charge is 0.495 e. The second-order valence-electron chi connectivity index (χ2n) is 3.83. The SMILES string of the molecule is COc1cc(NC(=O)c2c[nH]ccc2=O)ccc1N. The first-order chi connectivity index (χ1) is 9.11. The van der Waals surface area contributed by atoms with Crippen molar-refractivity contribution in [2.45, 2.75) is 0 Å². The van der Waals surface area contributed by atoms with Gasteiger partial charge in [0.2, 0.25) is 0 Å². The predicted octanol–water partition coefficient (Wildman–Crippen LogP) is 1.22. The standard InChI is InChI=1S/C13H13N3O3/c1-19-12-6-8(2-3-10(12)14)16-13(18)9-7-15-5-4-11(9)17/h2-7H,14H2,1H3,(H,15,17)(H,16,18). The van der Waals surface area contributed by atoms with Crippen LogP contribution in [0.4, 0.5) is 11.4 Å². The molecular formula is C13H13N3O3. The summed E-state index contributed by atoms with van der Waals surface area (Å²) in [6, 6.07) is 6.12. The van der Waals surface area contributed by atoms with Gasteiger partial charge in [-0.3, -0.25) is 9.59 Å². The lowest BCUT2D eigenvalue weighted by Crippen LogP contribution is -2.20. The minimum absolute atomic E-state index is 0.0401. The molecule has 0 radical (unpaired) electrons. The van der Waals surface area contributed by atoms with Crippen LogP contribution < -0.4 is 21.2 Å². The number of benzene rings is 1. The normalized spacial score (nSPS) is 9.95. The highest BCUT2D eigenvalue weighted by Gasteiger charge is 2.10. The number of aromatic amines is 1. The van der Waals surface area contributed by atoms with Crippen molar-refractivity contribution in [3.05, 3.63) is 52.4 Å². The van der Waals surface area contributed by atoms with Gasteiger partial charge >= 0.3 is 0 Å². The van der Waals surface area contributed by atoms with Gasteiger partial charge in [-0.1, -0.05) is 0 Å². The Kier molecular flexibility index (Phi) is 3.51. The summed E-state index contributed by atoms with van der Waals surface area (Å²) >= 11 is 0. The molecule has 98 valence electrons. The first kappa shape index (κ1) is 12.7. The fourth-order valence-corrected chi connectivity index (χ4v) is 1.58. The van der Waals surface area contributed by atoms with Crippen LogP contribution in [0.1, 0.15) is 10.4 Å². The lowest BCUT2D eigenvalue weighted by atomic mass is 10.2. The van der Waals surface area contributed by atoms with Gasteiger partial charge < -0.3 is 20.8 Å². The van der Waals surface area contributed by atoms with Gasteiger partial charge in [0.25, 0.3) is 5.91 Å². The van der Waals surface area contributed by atoms with Gasteiger partial charge in [0.05, 0.1) is 12.8 Å². The molecule has 6 heteroatoms. The van der Waals surface area contributed by atoms with Crippen molar-refractivity contribution < 1.29 is 9.53 Å². The van der Waals surface area contributed by atoms with E-state index in [1.807, 2.05) is 0 Å². The molecule has 2 rings (SSSR count). The third kappa shape index (κ3) is 2.74. The second kappa shape index (κ2) is 5.26. The van der Waals surface area contributed by atoms with Crippen molar-refractivity contribution in [1.82, 2.24) is 4.98 Å². The van der Waals surface area contributed by atoms with Crippen LogP contribution in [-0.2, 0) is 0 Å². The van der Waals surface area contributed by atoms with E-state index < -0.39 is 5.91 Å². The molecule has 0 aliphatic carbocycles. The van der Waals surface area contributed by atoms with E-state index in [-0.39, 0.29) is 11.0 Å². The van der Waals surface area contributed by atoms with E-state index in [0.717, 1.165) is 0 Å². The zero-order valence-corrected chi connectivity index (χ0v) is 10.3. The van der Waals surface area contributed by atoms with Crippen molar-refractivity contribution in [2.24, 2.45) is 0 Å². The maximum absolute atomic E-state index is 11.9. The molecule has 19 heavy (non-hydrogen) atoms. The highest BCUT2D eigenvalue weighted by Crippen LogP contribution is 2.25. The molecule has 0 fully saturated rings. The van der Waals surface area contributed by atoms with Gasteiger partial charge in [-0.15, -0.1) is 0 Å². The molecule has 1 aromatic carbocycles. The van der Waals surface area contributed by atoms with Crippen molar-refractivity contribution >= 4 is 17.3 Å². The number of hydrogen-bond donors (Lipinski definition) is 3. The number of H-pyrrole nitrogens is 1. The number of nitrogens with one attached hydrogen (secondary N) is 2. The summed E-state index contributed by atoms with van der Waals surface area (Å²) in [5.41, 5.74) is 6.33. The van der Waals surface area contributed by atoms with E-state index in [0.29, 0.717) is 17.1 Å². The molecule has 0 bridgehead atoms. The van der Waals surface area contributed by atoms with Gasteiger partial charge in [-0.05, 0) is 12.1 Å². The Balaban J connectivity index is 2.25. The molecular weight excluding hydrogens is 246 g/mol. The van der Waals surface area contributed by atoms with Gasteiger partial charge in [0.1, 0.15) is 11.3 Å². The summed E-state index contributed by atoms with van der Waals surface area (Å²) in [6.45, 7) is 0. The number of anilines is 2. The Morgan fingerprint density at radius 3 is 2.84 bits per heavy atom. The van der Waals surface area contributed by atoms with E-state index in [1.54, 1.807) is 18.2 Å². The van der Waals surface area contributed by atoms with Crippen molar-refractivity contribution in [3.63, 3.8) is 0 Å². The predicted molar refractivity (Wildman–Crippen MR) is 72.4 cm³/mol. The minimum atomic E-state index is -0.492. The lowest BCUT2D eigenvalue weighted by Gasteiger charge is -2.08. The first-order valence-electron chi connectivity index (χ1n) is 5.54. The van der Waals surface area contributed by atoms with E-state index in [4.69, 9.17) is 10.5 Å². The Morgan fingerprint density at radius 1 is 1.37 bits per heavy atom. The van der Waals surface area contributed by atoms with Crippen LogP contribution >= 0.6 is 0 Å². The second-order valence-corrected chi connectivity index (χ2v) is 3.83. The number of methoxy groups -OCH3 is 1. The van der Waals surface area contributed by atoms with Crippen molar-refractivity contribution in [2.75, 3.05) is 18.2 Å². The fourth-order valence-electron chi connectivity index (χ4n) is 1.58. The number of rotatable bonds is 3. The Bertz CT molecular complexity index is 664. The summed E-state index contributed by atoms with van der Waals surface area (Å²) in [7, 11) is 1.49. The number of ether oxygens (including phenoxy) is 1. The Morgan fingerprint density at radius 2 is 2.16 bits per heavy atom. The number of nitrogen functional groups attached to an aromatic ring is 1. The molecule has 1 aromatic heterocycles. The van der Waals surface area contributed by atoms with Crippen LogP contribution in [0.5, 0.6) is 5.75 Å². The zero-order chi connectivity index (χ0) is 13.8. The first-order valence-corrected chi connectivity index (χ1v) is 5.54. The summed E-state index contributed by atoms with van der Waals surface area (Å²) < 4.78 is 5.05. The third-order valence-corrected chi connectivity index (χ3v) is 2.56. The monoisotopic (exact) mass is 259 g/mol. The minimum Gasteiger partial charge on any atom is -0.495 e. The fraction of sp³-hybridized carbons (Fsp3) is 0.0769. The van der Waals surface area contributed by atoms with Crippen LogP contribution in [0.15, 0.2) is 41.5 Å². The molecule has 4 N–H and O–H groups in total. The molecule has 1 heterocycles. The molecule has 1 amide bonds. The van der Waals surface area contributed by atoms with Crippen LogP contribution in [0.3, 0.4) is 0 Å². The number of aromatic nitrogens is 1. The van der Waals surface area contributed by atoms with E-state index in [1.165, 1.54) is 25.6 Å². The van der Waals surface area contributed by atoms with Crippen molar-refractivity contribution in [1.29, 1.82) is 0 Å². The summed E-state index contributed by atoms with van der Waals surface area (Å²) in [6.07, 6.45) is 2.82. The summed E-state index contributed by atoms with van der Waals surface area (Å²) in [5, 5.41) is 2.61. The Hall–Kier alpha value is -2.76. The molecule has 0 saturated carbocycles. The molecule has 0 spiro atoms. The maximum atomic E-state index is 11.9. The smallest absolute Gasteiger partial charge is 0.261 e. The Labute approximate surface area is 109 Å². The zero-order valence-electron chi connectivity index (χ0n) is 10.3. The van der Waals surface area contributed by atoms with Gasteiger partial charge in [-0.25, -0.2) is 0 Å². The number of carbonyl (C=O) groups is 1. The van der Waals surface area contributed by atoms with Crippen LogP contribution in [0.25, 0.3) is 0 Å². The van der Waals surface area contributed by atoms with Crippen molar-refractivity contribution in [3.8, 4) is 5.75 Å². The van der Waals surface area contributed by atoms with Crippen LogP contribution in [-0.4, -0.2) is 18.0 Å². The van der Waals surface area contributed by atoms with E-state index in [2.05, 4.69) is 10.3 Å². The molecule has 0 unspecified atom stereocenters. The highest BCUT2D eigenvalue weighted by molar-refractivity contribution is 6.04. The lowest BCUT2D eigenvalue weighted by molar-refractivity contribution is 0.102. The average molecular weight is 259 g/mol. The molecule has 0 saturated heterocycles. The summed E-state index contributed by atoms with van der Waals surface area (Å²) in [5.74, 6) is -0.0338. The maximum Gasteiger partial charge on any atom is 0.261 e.